The lowest BCUT2D eigenvalue weighted by Gasteiger charge is -2.21. The van der Waals surface area contributed by atoms with Crippen molar-refractivity contribution in [2.24, 2.45) is 0 Å². The van der Waals surface area contributed by atoms with E-state index in [9.17, 15) is 8.42 Å². The number of aromatic nitrogens is 3. The minimum atomic E-state index is -3.30. The zero-order valence-corrected chi connectivity index (χ0v) is 16.4. The molecule has 7 heteroatoms. The van der Waals surface area contributed by atoms with Crippen molar-refractivity contribution < 1.29 is 8.42 Å². The highest BCUT2D eigenvalue weighted by atomic mass is 32.2. The molecule has 1 N–H and O–H groups in total. The number of sulfone groups is 1. The van der Waals surface area contributed by atoms with Crippen molar-refractivity contribution in [1.29, 1.82) is 0 Å². The first kappa shape index (κ1) is 18.2. The highest BCUT2D eigenvalue weighted by molar-refractivity contribution is 7.90. The van der Waals surface area contributed by atoms with E-state index in [-0.39, 0.29) is 6.04 Å². The second kappa shape index (κ2) is 7.09. The third kappa shape index (κ3) is 3.61. The Balaban J connectivity index is 1.83. The van der Waals surface area contributed by atoms with Gasteiger partial charge in [-0.1, -0.05) is 42.5 Å². The quantitative estimate of drug-likeness (QED) is 0.561. The monoisotopic (exact) mass is 392 g/mol. The minimum absolute atomic E-state index is 0.267. The average Bonchev–Trinajstić information content (AvgIpc) is 3.07. The molecule has 142 valence electrons. The first-order chi connectivity index (χ1) is 13.4. The molecule has 0 aliphatic carbocycles. The number of aryl methyl sites for hydroxylation is 1. The van der Waals surface area contributed by atoms with Gasteiger partial charge in [-0.3, -0.25) is 0 Å². The van der Waals surface area contributed by atoms with Gasteiger partial charge < -0.3 is 5.32 Å². The molecule has 4 rings (SSSR count). The lowest BCUT2D eigenvalue weighted by atomic mass is 9.98. The van der Waals surface area contributed by atoms with Crippen LogP contribution in [-0.2, 0) is 9.84 Å². The zero-order chi connectivity index (χ0) is 19.7. The number of anilines is 1. The van der Waals surface area contributed by atoms with Crippen LogP contribution in [0.2, 0.25) is 0 Å². The largest absolute Gasteiger partial charge is 0.357 e. The van der Waals surface area contributed by atoms with Crippen LogP contribution in [0.5, 0.6) is 0 Å². The molecule has 1 unspecified atom stereocenters. The summed E-state index contributed by atoms with van der Waals surface area (Å²) >= 11 is 0. The van der Waals surface area contributed by atoms with Gasteiger partial charge in [-0.2, -0.15) is 5.10 Å². The maximum absolute atomic E-state index is 12.0. The Hall–Kier alpha value is -3.19. The van der Waals surface area contributed by atoms with Crippen LogP contribution >= 0.6 is 0 Å². The molecule has 0 saturated heterocycles. The number of nitrogens with one attached hydrogen (secondary N) is 1. The molecular formula is C21H20N4O2S. The van der Waals surface area contributed by atoms with Crippen molar-refractivity contribution in [3.05, 3.63) is 89.9 Å². The Morgan fingerprint density at radius 2 is 1.75 bits per heavy atom. The smallest absolute Gasteiger partial charge is 0.175 e. The molecule has 1 atom stereocenters. The predicted molar refractivity (Wildman–Crippen MR) is 109 cm³/mol. The summed E-state index contributed by atoms with van der Waals surface area (Å²) in [6.45, 7) is 1.93. The highest BCUT2D eigenvalue weighted by Crippen LogP contribution is 2.29. The molecular weight excluding hydrogens is 372 g/mol. The summed E-state index contributed by atoms with van der Waals surface area (Å²) in [5.74, 6) is 0.682. The molecule has 0 fully saturated rings. The van der Waals surface area contributed by atoms with Crippen LogP contribution in [0.25, 0.3) is 5.52 Å². The van der Waals surface area contributed by atoms with Gasteiger partial charge >= 0.3 is 0 Å². The lowest BCUT2D eigenvalue weighted by Crippen LogP contribution is -2.14. The summed E-state index contributed by atoms with van der Waals surface area (Å²) in [5, 5.41) is 7.91. The van der Waals surface area contributed by atoms with E-state index in [1.807, 2.05) is 49.4 Å². The van der Waals surface area contributed by atoms with Crippen LogP contribution in [0.1, 0.15) is 22.9 Å². The molecule has 0 radical (unpaired) electrons. The van der Waals surface area contributed by atoms with Crippen LogP contribution in [0.15, 0.2) is 78.0 Å². The van der Waals surface area contributed by atoms with Gasteiger partial charge in [0.15, 0.2) is 15.7 Å². The number of fused-ring (bicyclic) bond motifs is 1. The van der Waals surface area contributed by atoms with Crippen molar-refractivity contribution in [1.82, 2.24) is 14.6 Å². The number of hydrogen-bond donors (Lipinski definition) is 1. The molecule has 2 aromatic carbocycles. The molecule has 6 nitrogen and oxygen atoms in total. The molecule has 4 aromatic rings. The minimum Gasteiger partial charge on any atom is -0.357 e. The van der Waals surface area contributed by atoms with Crippen LogP contribution in [0, 0.1) is 6.92 Å². The fraction of sp³-hybridized carbons (Fsp3) is 0.143. The first-order valence-electron chi connectivity index (χ1n) is 8.84. The van der Waals surface area contributed by atoms with Crippen LogP contribution in [-0.4, -0.2) is 29.3 Å². The van der Waals surface area contributed by atoms with Crippen LogP contribution < -0.4 is 5.32 Å². The van der Waals surface area contributed by atoms with Crippen molar-refractivity contribution in [3.63, 3.8) is 0 Å². The van der Waals surface area contributed by atoms with Crippen molar-refractivity contribution >= 4 is 21.2 Å². The van der Waals surface area contributed by atoms with Gasteiger partial charge in [0.25, 0.3) is 0 Å². The number of nitrogens with zero attached hydrogens (tertiary/aromatic N) is 3. The standard InChI is InChI=1S/C21H20N4O2S/c1-15-13-19-21(22-11-12-25(19)24-15)23-20(16-7-4-3-5-8-16)17-9-6-10-18(14-17)28(2,26)27/h3-14,20H,1-2H3,(H,22,23). The third-order valence-corrected chi connectivity index (χ3v) is 5.66. The molecule has 0 bridgehead atoms. The Morgan fingerprint density at radius 1 is 1.00 bits per heavy atom. The number of hydrogen-bond acceptors (Lipinski definition) is 5. The van der Waals surface area contributed by atoms with Crippen molar-refractivity contribution in [2.45, 2.75) is 17.9 Å². The Bertz CT molecular complexity index is 1230. The van der Waals surface area contributed by atoms with E-state index >= 15 is 0 Å². The van der Waals surface area contributed by atoms with Gasteiger partial charge in [-0.25, -0.2) is 17.9 Å². The fourth-order valence-corrected chi connectivity index (χ4v) is 3.90. The zero-order valence-electron chi connectivity index (χ0n) is 15.6. The van der Waals surface area contributed by atoms with E-state index in [2.05, 4.69) is 15.4 Å². The second-order valence-corrected chi connectivity index (χ2v) is 8.74. The highest BCUT2D eigenvalue weighted by Gasteiger charge is 2.18. The molecule has 0 spiro atoms. The van der Waals surface area contributed by atoms with Crippen molar-refractivity contribution in [2.75, 3.05) is 11.6 Å². The van der Waals surface area contributed by atoms with Gasteiger partial charge in [0.05, 0.1) is 16.6 Å². The molecule has 2 heterocycles. The van der Waals surface area contributed by atoms with E-state index in [1.54, 1.807) is 35.1 Å². The molecule has 0 aliphatic rings. The Labute approximate surface area is 163 Å². The number of benzene rings is 2. The van der Waals surface area contributed by atoms with E-state index in [4.69, 9.17) is 0 Å². The topological polar surface area (TPSA) is 76.4 Å². The lowest BCUT2D eigenvalue weighted by molar-refractivity contribution is 0.601. The average molecular weight is 392 g/mol. The van der Waals surface area contributed by atoms with Crippen LogP contribution in [0.4, 0.5) is 5.82 Å². The van der Waals surface area contributed by atoms with Crippen molar-refractivity contribution in [3.8, 4) is 0 Å². The summed E-state index contributed by atoms with van der Waals surface area (Å²) in [6, 6.07) is 18.6. The second-order valence-electron chi connectivity index (χ2n) is 6.72. The molecule has 28 heavy (non-hydrogen) atoms. The molecule has 0 amide bonds. The van der Waals surface area contributed by atoms with E-state index in [0.29, 0.717) is 10.7 Å². The first-order valence-corrected chi connectivity index (χ1v) is 10.7. The maximum atomic E-state index is 12.0. The summed E-state index contributed by atoms with van der Waals surface area (Å²) < 4.78 is 25.8. The Kier molecular flexibility index (Phi) is 4.60. The summed E-state index contributed by atoms with van der Waals surface area (Å²) in [7, 11) is -3.30. The SMILES string of the molecule is Cc1cc2c(NC(c3ccccc3)c3cccc(S(C)(=O)=O)c3)nccn2n1. The maximum Gasteiger partial charge on any atom is 0.175 e. The molecule has 0 saturated carbocycles. The van der Waals surface area contributed by atoms with Gasteiger partial charge in [0, 0.05) is 18.6 Å². The van der Waals surface area contributed by atoms with Gasteiger partial charge in [0.1, 0.15) is 5.52 Å². The van der Waals surface area contributed by atoms with E-state index in [0.717, 1.165) is 22.3 Å². The predicted octanol–water partition coefficient (Wildman–Crippen LogP) is 3.64. The molecule has 0 aliphatic heterocycles. The van der Waals surface area contributed by atoms with E-state index in [1.165, 1.54) is 6.26 Å². The summed E-state index contributed by atoms with van der Waals surface area (Å²) in [4.78, 5) is 4.78. The summed E-state index contributed by atoms with van der Waals surface area (Å²) in [6.07, 6.45) is 4.71. The van der Waals surface area contributed by atoms with E-state index < -0.39 is 9.84 Å². The fourth-order valence-electron chi connectivity index (χ4n) is 3.22. The van der Waals surface area contributed by atoms with Gasteiger partial charge in [-0.15, -0.1) is 0 Å². The third-order valence-electron chi connectivity index (χ3n) is 4.55. The molecule has 2 aromatic heterocycles. The van der Waals surface area contributed by atoms with Gasteiger partial charge in [0.2, 0.25) is 0 Å². The Morgan fingerprint density at radius 3 is 2.50 bits per heavy atom. The number of rotatable bonds is 5. The van der Waals surface area contributed by atoms with Crippen LogP contribution in [0.3, 0.4) is 0 Å². The van der Waals surface area contributed by atoms with Gasteiger partial charge in [-0.05, 0) is 36.2 Å². The summed E-state index contributed by atoms with van der Waals surface area (Å²) in [5.41, 5.74) is 3.61. The normalized spacial score (nSPS) is 12.8.